The minimum atomic E-state index is -1.95. The molecular formula is C23H32N+. The van der Waals surface area contributed by atoms with Crippen molar-refractivity contribution in [3.63, 3.8) is 0 Å². The Kier molecular flexibility index (Phi) is 3.42. The second-order valence-electron chi connectivity index (χ2n) is 8.48. The molecule has 0 saturated heterocycles. The van der Waals surface area contributed by atoms with Crippen molar-refractivity contribution in [2.24, 2.45) is 7.05 Å². The van der Waals surface area contributed by atoms with E-state index in [4.69, 9.17) is 4.11 Å². The molecule has 1 aromatic heterocycles. The molecule has 1 fully saturated rings. The lowest BCUT2D eigenvalue weighted by molar-refractivity contribution is -0.661. The zero-order valence-corrected chi connectivity index (χ0v) is 15.7. The molecular weight excluding hydrogens is 290 g/mol. The fourth-order valence-electron chi connectivity index (χ4n) is 3.85. The summed E-state index contributed by atoms with van der Waals surface area (Å²) >= 11 is 0. The highest BCUT2D eigenvalue weighted by Crippen LogP contribution is 2.41. The quantitative estimate of drug-likeness (QED) is 0.631. The van der Waals surface area contributed by atoms with Gasteiger partial charge in [-0.25, -0.2) is 4.57 Å². The SMILES string of the molecule is [2H]C([2H])([2H])C1(c2ccc(-c3ccc(C(C)(C)C)c[n+]3C)c(C)c2)CCCC1. The summed E-state index contributed by atoms with van der Waals surface area (Å²) in [6.45, 7) is 6.81. The van der Waals surface area contributed by atoms with E-state index in [1.165, 1.54) is 11.1 Å². The van der Waals surface area contributed by atoms with Gasteiger partial charge >= 0.3 is 0 Å². The van der Waals surface area contributed by atoms with Crippen molar-refractivity contribution >= 4 is 0 Å². The molecule has 1 aliphatic rings. The molecule has 0 amide bonds. The highest BCUT2D eigenvalue weighted by molar-refractivity contribution is 5.62. The van der Waals surface area contributed by atoms with Crippen LogP contribution in [0.2, 0.25) is 0 Å². The first kappa shape index (κ1) is 13.6. The molecule has 0 radical (unpaired) electrons. The second kappa shape index (κ2) is 6.02. The van der Waals surface area contributed by atoms with Gasteiger partial charge in [0.15, 0.2) is 6.20 Å². The van der Waals surface area contributed by atoms with Gasteiger partial charge in [-0.05, 0) is 53.9 Å². The molecule has 0 bridgehead atoms. The van der Waals surface area contributed by atoms with Gasteiger partial charge < -0.3 is 0 Å². The Labute approximate surface area is 152 Å². The predicted molar refractivity (Wildman–Crippen MR) is 102 cm³/mol. The van der Waals surface area contributed by atoms with Gasteiger partial charge in [0.1, 0.15) is 7.05 Å². The van der Waals surface area contributed by atoms with E-state index in [0.717, 1.165) is 42.5 Å². The fraction of sp³-hybridized carbons (Fsp3) is 0.522. The van der Waals surface area contributed by atoms with Gasteiger partial charge in [0.2, 0.25) is 5.69 Å². The summed E-state index contributed by atoms with van der Waals surface area (Å²) in [7, 11) is 2.08. The number of rotatable bonds is 2. The first-order valence-electron chi connectivity index (χ1n) is 10.6. The molecule has 0 aliphatic heterocycles. The number of nitrogens with zero attached hydrogens (tertiary/aromatic N) is 1. The summed E-state index contributed by atoms with van der Waals surface area (Å²) in [6.07, 6.45) is 5.72. The number of pyridine rings is 1. The Balaban J connectivity index is 2.04. The number of aryl methyl sites for hydroxylation is 2. The number of hydrogen-bond acceptors (Lipinski definition) is 0. The molecule has 0 N–H and O–H groups in total. The van der Waals surface area contributed by atoms with Crippen molar-refractivity contribution in [3.8, 4) is 11.3 Å². The summed E-state index contributed by atoms with van der Waals surface area (Å²) in [5, 5.41) is 0. The topological polar surface area (TPSA) is 3.88 Å². The molecule has 2 aromatic rings. The summed E-state index contributed by atoms with van der Waals surface area (Å²) in [5.74, 6) is 0. The van der Waals surface area contributed by atoms with Crippen molar-refractivity contribution in [1.29, 1.82) is 0 Å². The first-order chi connectivity index (χ1) is 12.5. The minimum absolute atomic E-state index is 0.115. The van der Waals surface area contributed by atoms with Crippen molar-refractivity contribution in [2.45, 2.75) is 71.1 Å². The van der Waals surface area contributed by atoms with Gasteiger partial charge in [0, 0.05) is 21.3 Å². The van der Waals surface area contributed by atoms with Gasteiger partial charge in [0.05, 0.1) is 0 Å². The Morgan fingerprint density at radius 1 is 1.08 bits per heavy atom. The fourth-order valence-corrected chi connectivity index (χ4v) is 3.85. The smallest absolute Gasteiger partial charge is 0.201 e. The van der Waals surface area contributed by atoms with E-state index >= 15 is 0 Å². The molecule has 1 nitrogen and oxygen atoms in total. The van der Waals surface area contributed by atoms with E-state index in [1.807, 2.05) is 0 Å². The van der Waals surface area contributed by atoms with Gasteiger partial charge in [-0.3, -0.25) is 0 Å². The van der Waals surface area contributed by atoms with E-state index in [2.05, 4.69) is 75.8 Å². The van der Waals surface area contributed by atoms with Gasteiger partial charge in [-0.1, -0.05) is 52.6 Å². The molecule has 3 rings (SSSR count). The third-order valence-corrected chi connectivity index (χ3v) is 5.51. The number of aromatic nitrogens is 1. The monoisotopic (exact) mass is 325 g/mol. The summed E-state index contributed by atoms with van der Waals surface area (Å²) in [6, 6.07) is 10.7. The molecule has 24 heavy (non-hydrogen) atoms. The van der Waals surface area contributed by atoms with E-state index in [0.29, 0.717) is 0 Å². The van der Waals surface area contributed by atoms with Crippen molar-refractivity contribution < 1.29 is 8.68 Å². The molecule has 0 unspecified atom stereocenters. The average Bonchev–Trinajstić information content (AvgIpc) is 3.05. The summed E-state index contributed by atoms with van der Waals surface area (Å²) in [4.78, 5) is 0. The van der Waals surface area contributed by atoms with Crippen LogP contribution in [0.15, 0.2) is 36.5 Å². The molecule has 0 atom stereocenters. The first-order valence-corrected chi connectivity index (χ1v) is 9.07. The van der Waals surface area contributed by atoms with E-state index in [-0.39, 0.29) is 5.41 Å². The van der Waals surface area contributed by atoms with Gasteiger partial charge in [0.25, 0.3) is 0 Å². The van der Waals surface area contributed by atoms with Crippen LogP contribution in [0.5, 0.6) is 0 Å². The Morgan fingerprint density at radius 2 is 1.79 bits per heavy atom. The number of hydrogen-bond donors (Lipinski definition) is 0. The maximum absolute atomic E-state index is 8.15. The lowest BCUT2D eigenvalue weighted by atomic mass is 9.80. The second-order valence-corrected chi connectivity index (χ2v) is 8.48. The van der Waals surface area contributed by atoms with E-state index in [9.17, 15) is 0 Å². The molecule has 1 heterocycles. The van der Waals surface area contributed by atoms with Gasteiger partial charge in [-0.2, -0.15) is 0 Å². The lowest BCUT2D eigenvalue weighted by Gasteiger charge is -2.25. The minimum Gasteiger partial charge on any atom is -0.201 e. The van der Waals surface area contributed by atoms with Gasteiger partial charge in [-0.15, -0.1) is 0 Å². The molecule has 128 valence electrons. The molecule has 0 spiro atoms. The van der Waals surface area contributed by atoms with Crippen molar-refractivity contribution in [3.05, 3.63) is 53.2 Å². The Morgan fingerprint density at radius 3 is 2.33 bits per heavy atom. The van der Waals surface area contributed by atoms with Crippen LogP contribution in [0.1, 0.15) is 74.1 Å². The Hall–Kier alpha value is -1.63. The van der Waals surface area contributed by atoms with Crippen LogP contribution in [0, 0.1) is 6.92 Å². The van der Waals surface area contributed by atoms with E-state index in [1.54, 1.807) is 0 Å². The third kappa shape index (κ3) is 3.14. The predicted octanol–water partition coefficient (Wildman–Crippen LogP) is 5.62. The zero-order valence-electron chi connectivity index (χ0n) is 18.7. The highest BCUT2D eigenvalue weighted by Gasteiger charge is 2.31. The summed E-state index contributed by atoms with van der Waals surface area (Å²) < 4.78 is 26.6. The Bertz CT molecular complexity index is 838. The molecule has 1 saturated carbocycles. The maximum atomic E-state index is 8.15. The standard InChI is InChI=1S/C23H32N/c1-17-15-18(23(5)13-7-8-14-23)9-11-20(17)21-12-10-19(16-24(21)6)22(2,3)4/h9-12,15-16H,7-8,13-14H2,1-6H3/q+1/i5D3. The summed E-state index contributed by atoms with van der Waals surface area (Å²) in [5.41, 5.74) is 5.19. The van der Waals surface area contributed by atoms with Crippen LogP contribution in [0.25, 0.3) is 11.3 Å². The molecule has 1 aromatic carbocycles. The van der Waals surface area contributed by atoms with Crippen molar-refractivity contribution in [2.75, 3.05) is 0 Å². The molecule has 1 aliphatic carbocycles. The van der Waals surface area contributed by atoms with Crippen molar-refractivity contribution in [1.82, 2.24) is 0 Å². The van der Waals surface area contributed by atoms with Crippen LogP contribution in [-0.2, 0) is 17.9 Å². The van der Waals surface area contributed by atoms with Crippen LogP contribution in [0.3, 0.4) is 0 Å². The van der Waals surface area contributed by atoms with Crippen LogP contribution < -0.4 is 4.57 Å². The molecule has 1 heteroatoms. The average molecular weight is 326 g/mol. The van der Waals surface area contributed by atoms with E-state index < -0.39 is 12.3 Å². The zero-order chi connectivity index (χ0) is 20.0. The van der Waals surface area contributed by atoms with Crippen LogP contribution >= 0.6 is 0 Å². The number of benzene rings is 1. The highest BCUT2D eigenvalue weighted by atomic mass is 14.9. The third-order valence-electron chi connectivity index (χ3n) is 5.51. The van der Waals surface area contributed by atoms with Crippen LogP contribution in [-0.4, -0.2) is 0 Å². The maximum Gasteiger partial charge on any atom is 0.212 e. The lowest BCUT2D eigenvalue weighted by Crippen LogP contribution is -2.33. The van der Waals surface area contributed by atoms with Crippen LogP contribution in [0.4, 0.5) is 0 Å². The normalized spacial score (nSPS) is 19.6. The largest absolute Gasteiger partial charge is 0.212 e.